The highest BCUT2D eigenvalue weighted by atomic mass is 32.3. The van der Waals surface area contributed by atoms with Crippen LogP contribution in [0.25, 0.3) is 0 Å². The van der Waals surface area contributed by atoms with E-state index in [0.717, 1.165) is 0 Å². The first-order valence-electron chi connectivity index (χ1n) is 5.64. The number of nitrogens with one attached hydrogen (secondary N) is 1. The molecule has 7 nitrogen and oxygen atoms in total. The van der Waals surface area contributed by atoms with E-state index in [-0.39, 0.29) is 10.6 Å². The SMILES string of the molecule is COCCCNS(C)(O)(=[OH+])c1ccc([N+](=O)[O-])cc1. The lowest BCUT2D eigenvalue weighted by atomic mass is 10.3. The Morgan fingerprint density at radius 2 is 2.05 bits per heavy atom. The van der Waals surface area contributed by atoms with Gasteiger partial charge in [0.1, 0.15) is 4.90 Å². The summed E-state index contributed by atoms with van der Waals surface area (Å²) < 4.78 is 28.2. The fraction of sp³-hybridized carbons (Fsp3) is 0.455. The molecule has 0 atom stereocenters. The standard InChI is InChI=1S/C11H18N2O5S/c1-18-9-3-8-12-19(2,16,17)11-6-4-10(5-7-11)13(14)15/h4-7H,3,8-9H2,1-2H3,(H2,12,16,17)/p+1. The number of benzene rings is 1. The first-order valence-corrected chi connectivity index (χ1v) is 8.01. The number of non-ortho nitro benzene ring substituents is 1. The number of rotatable bonds is 7. The first kappa shape index (κ1) is 15.7. The van der Waals surface area contributed by atoms with Gasteiger partial charge in [-0.2, -0.15) is 8.93 Å². The molecule has 1 aromatic carbocycles. The van der Waals surface area contributed by atoms with Crippen LogP contribution in [0.2, 0.25) is 0 Å². The van der Waals surface area contributed by atoms with Crippen LogP contribution < -0.4 is 4.72 Å². The van der Waals surface area contributed by atoms with Crippen molar-refractivity contribution in [1.82, 2.24) is 4.72 Å². The zero-order valence-electron chi connectivity index (χ0n) is 10.9. The summed E-state index contributed by atoms with van der Waals surface area (Å²) in [6, 6.07) is 5.20. The average Bonchev–Trinajstić information content (AvgIpc) is 2.34. The second-order valence-corrected chi connectivity index (χ2v) is 7.72. The Morgan fingerprint density at radius 3 is 2.53 bits per heavy atom. The minimum atomic E-state index is -3.93. The Hall–Kier alpha value is -1.35. The summed E-state index contributed by atoms with van der Waals surface area (Å²) in [4.78, 5) is 10.2. The van der Waals surface area contributed by atoms with Gasteiger partial charge in [-0.25, -0.2) is 0 Å². The van der Waals surface area contributed by atoms with Crippen LogP contribution in [0.3, 0.4) is 0 Å². The molecule has 0 aromatic heterocycles. The minimum absolute atomic E-state index is 0.0914. The molecule has 0 spiro atoms. The Labute approximate surface area is 111 Å². The van der Waals surface area contributed by atoms with Crippen molar-refractivity contribution < 1.29 is 18.4 Å². The lowest BCUT2D eigenvalue weighted by Crippen LogP contribution is -2.46. The van der Waals surface area contributed by atoms with E-state index in [1.54, 1.807) is 7.11 Å². The van der Waals surface area contributed by atoms with Crippen LogP contribution in [-0.4, -0.2) is 40.2 Å². The normalized spacial score (nSPS) is 13.7. The van der Waals surface area contributed by atoms with E-state index in [4.69, 9.17) is 4.74 Å². The zero-order chi connectivity index (χ0) is 14.5. The lowest BCUT2D eigenvalue weighted by Gasteiger charge is -2.35. The number of nitrogens with zero attached hydrogens (tertiary/aromatic N) is 1. The van der Waals surface area contributed by atoms with Gasteiger partial charge in [0, 0.05) is 32.4 Å². The number of hydrogen-bond donors (Lipinski definition) is 2. The van der Waals surface area contributed by atoms with Crippen molar-refractivity contribution in [1.29, 1.82) is 0 Å². The van der Waals surface area contributed by atoms with E-state index >= 15 is 0 Å². The van der Waals surface area contributed by atoms with Crippen LogP contribution >= 0.6 is 0 Å². The van der Waals surface area contributed by atoms with Gasteiger partial charge in [-0.05, 0) is 28.1 Å². The van der Waals surface area contributed by atoms with Crippen LogP contribution in [0.15, 0.2) is 29.2 Å². The molecule has 0 fully saturated rings. The molecule has 3 N–H and O–H groups in total. The van der Waals surface area contributed by atoms with Crippen molar-refractivity contribution in [3.05, 3.63) is 34.4 Å². The highest BCUT2D eigenvalue weighted by molar-refractivity contribution is 8.12. The summed E-state index contributed by atoms with van der Waals surface area (Å²) in [7, 11) is -2.36. The highest BCUT2D eigenvalue weighted by Crippen LogP contribution is 2.27. The summed E-state index contributed by atoms with van der Waals surface area (Å²) in [6.45, 7) is 0.881. The van der Waals surface area contributed by atoms with E-state index < -0.39 is 14.5 Å². The van der Waals surface area contributed by atoms with Gasteiger partial charge in [-0.1, -0.05) is 0 Å². The maximum Gasteiger partial charge on any atom is 0.269 e. The Balaban J connectivity index is 2.85. The van der Waals surface area contributed by atoms with Crippen LogP contribution in [0, 0.1) is 10.1 Å². The van der Waals surface area contributed by atoms with Crippen molar-refractivity contribution in [2.75, 3.05) is 26.5 Å². The molecule has 8 heteroatoms. The molecule has 0 bridgehead atoms. The van der Waals surface area contributed by atoms with Crippen molar-refractivity contribution in [3.63, 3.8) is 0 Å². The Kier molecular flexibility index (Phi) is 4.75. The molecule has 19 heavy (non-hydrogen) atoms. The number of ether oxygens (including phenoxy) is 1. The maximum absolute atomic E-state index is 10.5. The highest BCUT2D eigenvalue weighted by Gasteiger charge is 2.28. The molecular weight excluding hydrogens is 272 g/mol. The molecule has 0 amide bonds. The van der Waals surface area contributed by atoms with Gasteiger partial charge < -0.3 is 4.74 Å². The van der Waals surface area contributed by atoms with Crippen LogP contribution in [0.5, 0.6) is 0 Å². The molecule has 1 rings (SSSR count). The van der Waals surface area contributed by atoms with E-state index in [9.17, 15) is 18.9 Å². The summed E-state index contributed by atoms with van der Waals surface area (Å²) in [6.07, 6.45) is 1.93. The summed E-state index contributed by atoms with van der Waals surface area (Å²) >= 11 is 0. The van der Waals surface area contributed by atoms with Gasteiger partial charge in [0.15, 0.2) is 0 Å². The van der Waals surface area contributed by atoms with Crippen molar-refractivity contribution >= 4 is 15.2 Å². The lowest BCUT2D eigenvalue weighted by molar-refractivity contribution is -0.384. The molecule has 0 aliphatic heterocycles. The summed E-state index contributed by atoms with van der Waals surface area (Å²) in [5, 5.41) is 10.5. The monoisotopic (exact) mass is 291 g/mol. The van der Waals surface area contributed by atoms with E-state index in [1.165, 1.54) is 30.5 Å². The topological polar surface area (TPSA) is 106 Å². The third kappa shape index (κ3) is 4.35. The molecule has 0 heterocycles. The van der Waals surface area contributed by atoms with Gasteiger partial charge in [-0.15, -0.1) is 0 Å². The smallest absolute Gasteiger partial charge is 0.269 e. The number of nitro benzene ring substituents is 1. The number of methoxy groups -OCH3 is 1. The third-order valence-electron chi connectivity index (χ3n) is 2.58. The molecule has 0 saturated heterocycles. The second kappa shape index (κ2) is 5.74. The van der Waals surface area contributed by atoms with Crippen molar-refractivity contribution in [2.45, 2.75) is 11.3 Å². The molecule has 0 radical (unpaired) electrons. The molecular formula is C11H19N2O5S+. The minimum Gasteiger partial charge on any atom is -0.385 e. The predicted molar refractivity (Wildman–Crippen MR) is 73.7 cm³/mol. The van der Waals surface area contributed by atoms with Gasteiger partial charge >= 0.3 is 0 Å². The van der Waals surface area contributed by atoms with Crippen molar-refractivity contribution in [3.8, 4) is 0 Å². The van der Waals surface area contributed by atoms with Crippen LogP contribution in [0.4, 0.5) is 5.69 Å². The molecule has 0 aliphatic rings. The molecule has 0 unspecified atom stereocenters. The van der Waals surface area contributed by atoms with Gasteiger partial charge in [0.25, 0.3) is 5.69 Å². The fourth-order valence-corrected chi connectivity index (χ4v) is 3.10. The van der Waals surface area contributed by atoms with Crippen LogP contribution in [-0.2, 0) is 14.3 Å². The number of nitro groups is 1. The summed E-state index contributed by atoms with van der Waals surface area (Å²) in [5.41, 5.74) is -0.0914. The molecule has 0 aliphatic carbocycles. The van der Waals surface area contributed by atoms with Gasteiger partial charge in [0.05, 0.1) is 11.2 Å². The molecule has 0 saturated carbocycles. The van der Waals surface area contributed by atoms with Crippen molar-refractivity contribution in [2.24, 2.45) is 0 Å². The molecule has 1 aromatic rings. The van der Waals surface area contributed by atoms with Gasteiger partial charge in [0.2, 0.25) is 0 Å². The Bertz CT molecular complexity index is 508. The maximum atomic E-state index is 10.5. The molecule has 108 valence electrons. The van der Waals surface area contributed by atoms with E-state index in [2.05, 4.69) is 4.72 Å². The Morgan fingerprint density at radius 1 is 1.47 bits per heavy atom. The quantitative estimate of drug-likeness (QED) is 0.344. The van der Waals surface area contributed by atoms with E-state index in [1.807, 2.05) is 0 Å². The fourth-order valence-electron chi connectivity index (χ4n) is 1.51. The predicted octanol–water partition coefficient (Wildman–Crippen LogP) is 1.57. The zero-order valence-corrected chi connectivity index (χ0v) is 11.7. The van der Waals surface area contributed by atoms with Crippen LogP contribution in [0.1, 0.15) is 6.42 Å². The first-order chi connectivity index (χ1) is 8.74. The second-order valence-electron chi connectivity index (χ2n) is 4.31. The average molecular weight is 291 g/mol. The number of hydrogen-bond acceptors (Lipinski definition) is 3. The van der Waals surface area contributed by atoms with Gasteiger partial charge in [-0.3, -0.25) is 14.7 Å². The third-order valence-corrected chi connectivity index (χ3v) is 4.88. The van der Waals surface area contributed by atoms with E-state index in [0.29, 0.717) is 19.6 Å². The summed E-state index contributed by atoms with van der Waals surface area (Å²) in [5.74, 6) is 0. The largest absolute Gasteiger partial charge is 0.385 e.